The lowest BCUT2D eigenvalue weighted by Gasteiger charge is -2.04. The van der Waals surface area contributed by atoms with Crippen LogP contribution in [-0.4, -0.2) is 24.9 Å². The smallest absolute Gasteiger partial charge is 0.254 e. The number of rotatable bonds is 1. The summed E-state index contributed by atoms with van der Waals surface area (Å²) in [5.74, 6) is 0.123. The summed E-state index contributed by atoms with van der Waals surface area (Å²) < 4.78 is 0. The summed E-state index contributed by atoms with van der Waals surface area (Å²) in [5.41, 5.74) is 3.00. The first-order valence-corrected chi connectivity index (χ1v) is 4.28. The number of amides is 1. The van der Waals surface area contributed by atoms with Gasteiger partial charge in [0.1, 0.15) is 0 Å². The summed E-state index contributed by atoms with van der Waals surface area (Å²) in [6.45, 7) is 0.726. The van der Waals surface area contributed by atoms with Crippen molar-refractivity contribution < 1.29 is 4.79 Å². The molecular weight excluding hydrogens is 164 g/mol. The molecule has 0 aliphatic carbocycles. The first kappa shape index (κ1) is 8.10. The average Bonchev–Trinajstić information content (AvgIpc) is 2.42. The summed E-state index contributed by atoms with van der Waals surface area (Å²) in [6.07, 6.45) is 0. The van der Waals surface area contributed by atoms with Crippen LogP contribution in [-0.2, 0) is 6.54 Å². The molecule has 2 rings (SSSR count). The molecule has 1 aliphatic heterocycles. The van der Waals surface area contributed by atoms with Crippen LogP contribution in [0.1, 0.15) is 15.9 Å². The zero-order valence-electron chi connectivity index (χ0n) is 7.79. The van der Waals surface area contributed by atoms with Crippen molar-refractivity contribution in [1.29, 1.82) is 0 Å². The van der Waals surface area contributed by atoms with E-state index < -0.39 is 0 Å². The second-order valence-corrected chi connectivity index (χ2v) is 3.28. The molecule has 3 nitrogen and oxygen atoms in total. The molecule has 1 aromatic carbocycles. The molecule has 0 unspecified atom stereocenters. The Hall–Kier alpha value is -1.51. The van der Waals surface area contributed by atoms with E-state index in [4.69, 9.17) is 0 Å². The fourth-order valence-corrected chi connectivity index (χ4v) is 1.62. The molecule has 0 fully saturated rings. The molecule has 1 aliphatic rings. The van der Waals surface area contributed by atoms with Gasteiger partial charge in [-0.2, -0.15) is 0 Å². The maximum atomic E-state index is 11.5. The number of nitrogens with zero attached hydrogens (tertiary/aromatic N) is 1. The number of fused-ring (bicyclic) bond motifs is 1. The highest BCUT2D eigenvalue weighted by molar-refractivity contribution is 5.98. The number of benzene rings is 1. The molecule has 13 heavy (non-hydrogen) atoms. The summed E-state index contributed by atoms with van der Waals surface area (Å²) in [4.78, 5) is 13.2. The van der Waals surface area contributed by atoms with E-state index in [9.17, 15) is 4.79 Å². The molecule has 0 atom stereocenters. The van der Waals surface area contributed by atoms with Crippen LogP contribution in [0.2, 0.25) is 0 Å². The molecule has 0 saturated heterocycles. The SMILES string of the molecule is CNc1ccc2c(c1)CN(C)C2=O. The second-order valence-electron chi connectivity index (χ2n) is 3.28. The van der Waals surface area contributed by atoms with Crippen LogP contribution in [0.25, 0.3) is 0 Å². The largest absolute Gasteiger partial charge is 0.388 e. The molecule has 68 valence electrons. The minimum absolute atomic E-state index is 0.123. The number of nitrogens with one attached hydrogen (secondary N) is 1. The predicted octanol–water partition coefficient (Wildman–Crippen LogP) is 1.31. The van der Waals surface area contributed by atoms with Crippen LogP contribution >= 0.6 is 0 Å². The first-order valence-electron chi connectivity index (χ1n) is 4.28. The summed E-state index contributed by atoms with van der Waals surface area (Å²) in [5, 5.41) is 3.06. The molecule has 1 N–H and O–H groups in total. The number of hydrogen-bond acceptors (Lipinski definition) is 2. The summed E-state index contributed by atoms with van der Waals surface area (Å²) in [7, 11) is 3.70. The van der Waals surface area contributed by atoms with Crippen molar-refractivity contribution >= 4 is 11.6 Å². The maximum Gasteiger partial charge on any atom is 0.254 e. The predicted molar refractivity (Wildman–Crippen MR) is 51.8 cm³/mol. The lowest BCUT2D eigenvalue weighted by molar-refractivity contribution is 0.0816. The molecule has 1 heterocycles. The minimum Gasteiger partial charge on any atom is -0.388 e. The standard InChI is InChI=1S/C10H12N2O/c1-11-8-3-4-9-7(5-8)6-12(2)10(9)13/h3-5,11H,6H2,1-2H3. The van der Waals surface area contributed by atoms with E-state index in [0.717, 1.165) is 23.4 Å². The minimum atomic E-state index is 0.123. The molecule has 0 radical (unpaired) electrons. The highest BCUT2D eigenvalue weighted by atomic mass is 16.2. The van der Waals surface area contributed by atoms with Gasteiger partial charge in [0.25, 0.3) is 5.91 Å². The van der Waals surface area contributed by atoms with Crippen molar-refractivity contribution in [1.82, 2.24) is 4.90 Å². The van der Waals surface area contributed by atoms with Crippen LogP contribution in [0.3, 0.4) is 0 Å². The molecule has 0 saturated carbocycles. The van der Waals surface area contributed by atoms with E-state index in [1.165, 1.54) is 0 Å². The van der Waals surface area contributed by atoms with Crippen LogP contribution in [0.4, 0.5) is 5.69 Å². The van der Waals surface area contributed by atoms with Crippen molar-refractivity contribution in [2.45, 2.75) is 6.54 Å². The van der Waals surface area contributed by atoms with Gasteiger partial charge in [-0.1, -0.05) is 0 Å². The Morgan fingerprint density at radius 1 is 1.46 bits per heavy atom. The lowest BCUT2D eigenvalue weighted by atomic mass is 10.1. The van der Waals surface area contributed by atoms with Gasteiger partial charge in [0.2, 0.25) is 0 Å². The van der Waals surface area contributed by atoms with Gasteiger partial charge in [-0.3, -0.25) is 4.79 Å². The number of hydrogen-bond donors (Lipinski definition) is 1. The van der Waals surface area contributed by atoms with Gasteiger partial charge in [-0.25, -0.2) is 0 Å². The summed E-state index contributed by atoms with van der Waals surface area (Å²) in [6, 6.07) is 5.83. The van der Waals surface area contributed by atoms with E-state index in [2.05, 4.69) is 5.32 Å². The summed E-state index contributed by atoms with van der Waals surface area (Å²) >= 11 is 0. The monoisotopic (exact) mass is 176 g/mol. The molecule has 0 aromatic heterocycles. The van der Waals surface area contributed by atoms with Crippen molar-refractivity contribution in [3.63, 3.8) is 0 Å². The molecular formula is C10H12N2O. The first-order chi connectivity index (χ1) is 6.22. The van der Waals surface area contributed by atoms with Crippen molar-refractivity contribution in [3.05, 3.63) is 29.3 Å². The van der Waals surface area contributed by atoms with E-state index >= 15 is 0 Å². The number of anilines is 1. The van der Waals surface area contributed by atoms with E-state index in [-0.39, 0.29) is 5.91 Å². The van der Waals surface area contributed by atoms with Gasteiger partial charge in [-0.15, -0.1) is 0 Å². The normalized spacial score (nSPS) is 14.6. The maximum absolute atomic E-state index is 11.5. The quantitative estimate of drug-likeness (QED) is 0.699. The van der Waals surface area contributed by atoms with E-state index in [0.29, 0.717) is 0 Å². The average molecular weight is 176 g/mol. The Balaban J connectivity index is 2.46. The van der Waals surface area contributed by atoms with Gasteiger partial charge in [0.15, 0.2) is 0 Å². The van der Waals surface area contributed by atoms with Gasteiger partial charge >= 0.3 is 0 Å². The third-order valence-corrected chi connectivity index (χ3v) is 2.38. The molecule has 1 aromatic rings. The van der Waals surface area contributed by atoms with Crippen LogP contribution in [0.5, 0.6) is 0 Å². The van der Waals surface area contributed by atoms with Gasteiger partial charge < -0.3 is 10.2 Å². The Kier molecular flexibility index (Phi) is 1.72. The third-order valence-electron chi connectivity index (χ3n) is 2.38. The lowest BCUT2D eigenvalue weighted by Crippen LogP contribution is -2.17. The number of carbonyl (C=O) groups is 1. The Bertz CT molecular complexity index is 360. The zero-order valence-corrected chi connectivity index (χ0v) is 7.79. The van der Waals surface area contributed by atoms with Crippen LogP contribution in [0.15, 0.2) is 18.2 Å². The highest BCUT2D eigenvalue weighted by Crippen LogP contribution is 2.24. The Morgan fingerprint density at radius 2 is 2.23 bits per heavy atom. The molecule has 3 heteroatoms. The van der Waals surface area contributed by atoms with E-state index in [1.54, 1.807) is 4.90 Å². The zero-order chi connectivity index (χ0) is 9.42. The van der Waals surface area contributed by atoms with Crippen molar-refractivity contribution in [3.8, 4) is 0 Å². The van der Waals surface area contributed by atoms with Crippen LogP contribution < -0.4 is 5.32 Å². The van der Waals surface area contributed by atoms with Gasteiger partial charge in [0, 0.05) is 31.9 Å². The van der Waals surface area contributed by atoms with Crippen molar-refractivity contribution in [2.75, 3.05) is 19.4 Å². The fourth-order valence-electron chi connectivity index (χ4n) is 1.62. The topological polar surface area (TPSA) is 32.3 Å². The molecule has 0 bridgehead atoms. The Morgan fingerprint density at radius 3 is 2.92 bits per heavy atom. The molecule has 0 spiro atoms. The van der Waals surface area contributed by atoms with Gasteiger partial charge in [-0.05, 0) is 23.8 Å². The fraction of sp³-hybridized carbons (Fsp3) is 0.300. The second kappa shape index (κ2) is 2.76. The van der Waals surface area contributed by atoms with Crippen molar-refractivity contribution in [2.24, 2.45) is 0 Å². The third kappa shape index (κ3) is 1.16. The Labute approximate surface area is 77.4 Å². The van der Waals surface area contributed by atoms with Gasteiger partial charge in [0.05, 0.1) is 0 Å². The highest BCUT2D eigenvalue weighted by Gasteiger charge is 2.23. The van der Waals surface area contributed by atoms with Crippen LogP contribution in [0, 0.1) is 0 Å². The number of carbonyl (C=O) groups excluding carboxylic acids is 1. The van der Waals surface area contributed by atoms with E-state index in [1.807, 2.05) is 32.3 Å². The molecule has 1 amide bonds.